The van der Waals surface area contributed by atoms with Crippen LogP contribution in [0.3, 0.4) is 0 Å². The number of aliphatic imine (C=N–C) groups is 1. The van der Waals surface area contributed by atoms with Crippen LogP contribution in [0, 0.1) is 23.7 Å². The summed E-state index contributed by atoms with van der Waals surface area (Å²) in [6.45, 7) is 8.97. The van der Waals surface area contributed by atoms with Gasteiger partial charge in [0.25, 0.3) is 0 Å². The zero-order chi connectivity index (χ0) is 40.9. The Hall–Kier alpha value is -4.80. The third-order valence-electron chi connectivity index (χ3n) is 10.9. The lowest BCUT2D eigenvalue weighted by Crippen LogP contribution is -2.51. The lowest BCUT2D eigenvalue weighted by atomic mass is 10.0. The first-order chi connectivity index (χ1) is 28.0. The fraction of sp³-hybridized carbons (Fsp3) is 0.409. The molecule has 3 aromatic carbocycles. The third-order valence-corrected chi connectivity index (χ3v) is 10.9. The van der Waals surface area contributed by atoms with Gasteiger partial charge < -0.3 is 34.7 Å². The molecule has 3 amide bonds. The van der Waals surface area contributed by atoms with E-state index in [0.717, 1.165) is 81.7 Å². The summed E-state index contributed by atoms with van der Waals surface area (Å²) < 4.78 is 4.76. The van der Waals surface area contributed by atoms with Gasteiger partial charge in [0.05, 0.1) is 48.4 Å². The number of aromatic amines is 2. The van der Waals surface area contributed by atoms with E-state index in [-0.39, 0.29) is 89.7 Å². The Morgan fingerprint density at radius 2 is 1.27 bits per heavy atom. The number of aromatic nitrogens is 4. The summed E-state index contributed by atoms with van der Waals surface area (Å²) in [7, 11) is 2.68. The van der Waals surface area contributed by atoms with Crippen molar-refractivity contribution in [3.63, 3.8) is 0 Å². The van der Waals surface area contributed by atoms with Gasteiger partial charge >= 0.3 is 6.09 Å². The maximum atomic E-state index is 13.6. The molecule has 3 N–H and O–H groups in total. The molecule has 62 heavy (non-hydrogen) atoms. The second-order valence-corrected chi connectivity index (χ2v) is 15.5. The second kappa shape index (κ2) is 23.0. The van der Waals surface area contributed by atoms with Gasteiger partial charge in [0.1, 0.15) is 23.7 Å². The third kappa shape index (κ3) is 11.4. The van der Waals surface area contributed by atoms with Crippen LogP contribution in [0.5, 0.6) is 0 Å². The number of amides is 3. The predicted molar refractivity (Wildman–Crippen MR) is 262 cm³/mol. The van der Waals surface area contributed by atoms with E-state index in [0.29, 0.717) is 13.1 Å². The van der Waals surface area contributed by atoms with Crippen molar-refractivity contribution >= 4 is 100 Å². The number of ether oxygens (including phenoxy) is 1. The molecule has 0 saturated carbocycles. The summed E-state index contributed by atoms with van der Waals surface area (Å²) in [5.74, 6) is 7.74. The van der Waals surface area contributed by atoms with E-state index in [2.05, 4.69) is 61.3 Å². The number of fused-ring (bicyclic) bond motifs is 2. The number of alkyl carbamates (subject to hydrolysis) is 1. The number of carbonyl (C=O) groups excluding carboxylic acids is 3. The zero-order valence-electron chi connectivity index (χ0n) is 35.7. The summed E-state index contributed by atoms with van der Waals surface area (Å²) in [6.07, 6.45) is 3.88. The molecule has 2 saturated heterocycles. The van der Waals surface area contributed by atoms with Gasteiger partial charge in [-0.3, -0.25) is 9.59 Å². The molecule has 7 rings (SSSR count). The first-order valence-corrected chi connectivity index (χ1v) is 19.8. The Labute approximate surface area is 390 Å². The molecule has 334 valence electrons. The Balaban J connectivity index is 0.00000256. The molecule has 4 heterocycles. The van der Waals surface area contributed by atoms with Crippen LogP contribution in [0.1, 0.15) is 88.2 Å². The number of rotatable bonds is 11. The Morgan fingerprint density at radius 1 is 0.742 bits per heavy atom. The topological polar surface area (TPSA) is 167 Å². The number of nitrogens with one attached hydrogen (secondary N) is 3. The normalized spacial score (nSPS) is 16.8. The lowest BCUT2D eigenvalue weighted by molar-refractivity contribution is -0.188. The van der Waals surface area contributed by atoms with Crippen LogP contribution < -0.4 is 5.32 Å². The average Bonchev–Trinajstić information content (AvgIpc) is 4.05. The number of likely N-dealkylation sites (tertiary alicyclic amines) is 2. The van der Waals surface area contributed by atoms with Crippen LogP contribution in [-0.2, 0) is 24.1 Å². The number of nitrogens with zero attached hydrogens (tertiary/aromatic N) is 5. The number of hydrogen-bond acceptors (Lipinski definition) is 9. The Kier molecular flexibility index (Phi) is 19.2. The molecule has 0 unspecified atom stereocenters. The Bertz CT molecular complexity index is 2390. The highest BCUT2D eigenvalue weighted by molar-refractivity contribution is 7.59. The quantitative estimate of drug-likeness (QED) is 0.0408. The average molecular weight is 923 g/mol. The van der Waals surface area contributed by atoms with Gasteiger partial charge in [-0.05, 0) is 91.1 Å². The van der Waals surface area contributed by atoms with Gasteiger partial charge in [-0.2, -0.15) is 58.9 Å². The molecule has 18 heteroatoms. The van der Waals surface area contributed by atoms with Crippen LogP contribution in [0.15, 0.2) is 65.7 Å². The smallest absolute Gasteiger partial charge is 0.407 e. The van der Waals surface area contributed by atoms with Crippen molar-refractivity contribution in [3.05, 3.63) is 83.4 Å². The van der Waals surface area contributed by atoms with E-state index in [4.69, 9.17) is 19.6 Å². The number of hydrogen-bond donors (Lipinski definition) is 3. The highest BCUT2D eigenvalue weighted by Crippen LogP contribution is 2.35. The van der Waals surface area contributed by atoms with E-state index in [9.17, 15) is 14.4 Å². The van der Waals surface area contributed by atoms with E-state index < -0.39 is 18.2 Å². The number of benzene rings is 3. The molecule has 4 atom stereocenters. The maximum absolute atomic E-state index is 13.6. The van der Waals surface area contributed by atoms with E-state index in [1.807, 2.05) is 73.9 Å². The first-order valence-electron chi connectivity index (χ1n) is 19.8. The molecule has 2 aliphatic rings. The second-order valence-electron chi connectivity index (χ2n) is 15.5. The molecule has 0 aliphatic carbocycles. The van der Waals surface area contributed by atoms with Gasteiger partial charge in [-0.15, -0.1) is 0 Å². The highest BCUT2D eigenvalue weighted by Gasteiger charge is 2.38. The van der Waals surface area contributed by atoms with Crippen molar-refractivity contribution in [1.82, 2.24) is 35.1 Å². The van der Waals surface area contributed by atoms with Crippen molar-refractivity contribution < 1.29 is 28.9 Å². The maximum Gasteiger partial charge on any atom is 0.407 e. The van der Waals surface area contributed by atoms with Crippen LogP contribution in [0.2, 0.25) is 0 Å². The van der Waals surface area contributed by atoms with E-state index >= 15 is 0 Å². The van der Waals surface area contributed by atoms with Gasteiger partial charge in [0.2, 0.25) is 18.2 Å². The fourth-order valence-electron chi connectivity index (χ4n) is 7.85. The van der Waals surface area contributed by atoms with Crippen LogP contribution in [-0.4, -0.2) is 93.4 Å². The first kappa shape index (κ1) is 51.5. The standard InChI is InChI=1S/C44H50N8O6.4H2S/c1-26(2)38(45-25-58-57-6)42(53)51-21-7-9-36(51)41-47-33-20-18-31(24-35(33)49-41)30-16-13-28(14-17-30)11-12-29-15-19-32-34(23-29)48-40(46-32)37-10-8-22-52(37)43(54)39(27(3)4)50-44(55)56-5;;;;/h13-20,23-27,36-39H,7-10,21-22H2,1-6H3,(H,46,48)(H,47,49)(H,50,55);4*1H2/t36-,37-,38-,39-;;;;/m0..../s1. The lowest BCUT2D eigenvalue weighted by Gasteiger charge is -2.29. The van der Waals surface area contributed by atoms with Gasteiger partial charge in [-0.1, -0.05) is 57.7 Å². The monoisotopic (exact) mass is 922 g/mol. The molecular formula is C44H58N8O6S4. The van der Waals surface area contributed by atoms with Gasteiger partial charge in [0.15, 0.2) is 0 Å². The minimum atomic E-state index is -0.692. The number of imidazole rings is 2. The largest absolute Gasteiger partial charge is 0.453 e. The van der Waals surface area contributed by atoms with Crippen LogP contribution in [0.4, 0.5) is 4.79 Å². The molecule has 0 spiro atoms. The SMILES string of the molecule is COOC=N[C@H](C(=O)N1CCC[C@H]1c1nc2ccc(-c3ccc(C#Cc4ccc5nc([C@@H]6CCCN6C(=O)[C@@H](NC(=O)OC)C(C)C)[nH]c5c4)cc3)cc2[nH]1)C(C)C.S.S.S.S. The summed E-state index contributed by atoms with van der Waals surface area (Å²) in [5, 5.41) is 2.70. The van der Waals surface area contributed by atoms with Crippen LogP contribution in [0.25, 0.3) is 33.2 Å². The molecule has 2 fully saturated rings. The van der Waals surface area contributed by atoms with Crippen molar-refractivity contribution in [1.29, 1.82) is 0 Å². The molecule has 0 radical (unpaired) electrons. The van der Waals surface area contributed by atoms with Gasteiger partial charge in [0, 0.05) is 24.2 Å². The van der Waals surface area contributed by atoms with E-state index in [1.54, 1.807) is 0 Å². The van der Waals surface area contributed by atoms with Crippen molar-refractivity contribution in [2.24, 2.45) is 16.8 Å². The molecule has 0 bridgehead atoms. The molecule has 2 aromatic heterocycles. The number of methoxy groups -OCH3 is 1. The zero-order valence-corrected chi connectivity index (χ0v) is 39.7. The summed E-state index contributed by atoms with van der Waals surface area (Å²) in [4.78, 5) is 73.2. The van der Waals surface area contributed by atoms with E-state index in [1.165, 1.54) is 20.6 Å². The summed E-state index contributed by atoms with van der Waals surface area (Å²) in [5.41, 5.74) is 7.19. The number of H-pyrrole nitrogens is 2. The minimum Gasteiger partial charge on any atom is -0.453 e. The predicted octanol–water partition coefficient (Wildman–Crippen LogP) is 7.30. The Morgan fingerprint density at radius 3 is 1.84 bits per heavy atom. The van der Waals surface area contributed by atoms with Crippen molar-refractivity contribution in [2.75, 3.05) is 27.3 Å². The molecular weight excluding hydrogens is 865 g/mol. The van der Waals surface area contributed by atoms with Gasteiger partial charge in [-0.25, -0.2) is 19.8 Å². The number of carbonyl (C=O) groups is 3. The van der Waals surface area contributed by atoms with Crippen molar-refractivity contribution in [3.8, 4) is 23.0 Å². The van der Waals surface area contributed by atoms with Crippen LogP contribution >= 0.6 is 54.0 Å². The molecule has 14 nitrogen and oxygen atoms in total. The van der Waals surface area contributed by atoms with Crippen molar-refractivity contribution in [2.45, 2.75) is 77.5 Å². The fourth-order valence-corrected chi connectivity index (χ4v) is 7.85. The molecule has 5 aromatic rings. The highest BCUT2D eigenvalue weighted by atomic mass is 32.1. The summed E-state index contributed by atoms with van der Waals surface area (Å²) in [6, 6.07) is 18.5. The molecule has 2 aliphatic heterocycles. The summed E-state index contributed by atoms with van der Waals surface area (Å²) >= 11 is 0. The minimum absolute atomic E-state index is 0.